The topological polar surface area (TPSA) is 99.5 Å². The van der Waals surface area contributed by atoms with Crippen molar-refractivity contribution in [3.05, 3.63) is 71.8 Å². The first kappa shape index (κ1) is 22.1. The van der Waals surface area contributed by atoms with E-state index in [2.05, 4.69) is 0 Å². The summed E-state index contributed by atoms with van der Waals surface area (Å²) < 4.78 is 11.2. The summed E-state index contributed by atoms with van der Waals surface area (Å²) in [5.41, 5.74) is -5.01. The zero-order chi connectivity index (χ0) is 23.4. The van der Waals surface area contributed by atoms with Crippen molar-refractivity contribution in [2.24, 2.45) is 0 Å². The van der Waals surface area contributed by atoms with Gasteiger partial charge in [0.05, 0.1) is 0 Å². The van der Waals surface area contributed by atoms with Crippen LogP contribution in [0.5, 0.6) is 0 Å². The first-order valence-corrected chi connectivity index (χ1v) is 10.5. The van der Waals surface area contributed by atoms with E-state index in [0.717, 1.165) is 21.1 Å². The summed E-state index contributed by atoms with van der Waals surface area (Å²) in [4.78, 5) is 25.9. The monoisotopic (exact) mass is 440 g/mol. The van der Waals surface area contributed by atoms with E-state index in [0.29, 0.717) is 0 Å². The van der Waals surface area contributed by atoms with Crippen LogP contribution in [0.25, 0.3) is 0 Å². The lowest BCUT2D eigenvalue weighted by atomic mass is 9.86. The van der Waals surface area contributed by atoms with Crippen molar-refractivity contribution in [1.82, 2.24) is 10.0 Å². The predicted molar refractivity (Wildman–Crippen MR) is 115 cm³/mol. The van der Waals surface area contributed by atoms with Crippen molar-refractivity contribution in [2.45, 2.75) is 63.2 Å². The molecule has 32 heavy (non-hydrogen) atoms. The highest BCUT2D eigenvalue weighted by molar-refractivity contribution is 5.79. The van der Waals surface area contributed by atoms with Gasteiger partial charge < -0.3 is 19.7 Å². The van der Waals surface area contributed by atoms with E-state index in [4.69, 9.17) is 9.47 Å². The number of carbonyl (C=O) groups is 2. The third-order valence-corrected chi connectivity index (χ3v) is 6.77. The van der Waals surface area contributed by atoms with Gasteiger partial charge in [0.25, 0.3) is 0 Å². The van der Waals surface area contributed by atoms with Crippen LogP contribution in [-0.2, 0) is 22.3 Å². The second kappa shape index (κ2) is 7.21. The molecule has 0 unspecified atom stereocenters. The van der Waals surface area contributed by atoms with Crippen molar-refractivity contribution < 1.29 is 29.3 Å². The van der Waals surface area contributed by atoms with Crippen LogP contribution in [-0.4, -0.2) is 55.1 Å². The fourth-order valence-corrected chi connectivity index (χ4v) is 4.40. The Labute approximate surface area is 186 Å². The van der Waals surface area contributed by atoms with Gasteiger partial charge in [-0.25, -0.2) is 9.59 Å². The van der Waals surface area contributed by atoms with E-state index in [1.807, 2.05) is 60.7 Å². The number of nitrogens with zero attached hydrogens (tertiary/aromatic N) is 2. The molecule has 2 saturated heterocycles. The lowest BCUT2D eigenvalue weighted by Crippen LogP contribution is -2.68. The molecular weight excluding hydrogens is 412 g/mol. The quantitative estimate of drug-likeness (QED) is 0.741. The van der Waals surface area contributed by atoms with Crippen LogP contribution < -0.4 is 0 Å². The van der Waals surface area contributed by atoms with Crippen LogP contribution in [0.4, 0.5) is 9.59 Å². The molecule has 0 spiro atoms. The molecule has 0 aromatic heterocycles. The van der Waals surface area contributed by atoms with Crippen LogP contribution in [0.15, 0.2) is 60.7 Å². The van der Waals surface area contributed by atoms with Gasteiger partial charge in [-0.15, -0.1) is 0 Å². The minimum Gasteiger partial charge on any atom is -0.436 e. The van der Waals surface area contributed by atoms with Gasteiger partial charge in [0, 0.05) is 12.8 Å². The highest BCUT2D eigenvalue weighted by atomic mass is 16.7. The van der Waals surface area contributed by atoms with E-state index < -0.39 is 34.8 Å². The molecule has 0 radical (unpaired) electrons. The number of carbonyl (C=O) groups excluding carboxylic acids is 2. The summed E-state index contributed by atoms with van der Waals surface area (Å²) in [7, 11) is 0. The number of rotatable bonds is 5. The molecule has 8 heteroatoms. The summed E-state index contributed by atoms with van der Waals surface area (Å²) in [6.45, 7) is 5.96. The van der Waals surface area contributed by atoms with Gasteiger partial charge >= 0.3 is 12.2 Å². The lowest BCUT2D eigenvalue weighted by Gasteiger charge is -2.44. The molecule has 2 amide bonds. The maximum Gasteiger partial charge on any atom is 0.432 e. The van der Waals surface area contributed by atoms with Gasteiger partial charge in [0.15, 0.2) is 11.2 Å². The van der Waals surface area contributed by atoms with Gasteiger partial charge in [-0.1, -0.05) is 60.7 Å². The normalized spacial score (nSPS) is 34.6. The molecule has 0 bridgehead atoms. The van der Waals surface area contributed by atoms with Crippen molar-refractivity contribution >= 4 is 12.2 Å². The summed E-state index contributed by atoms with van der Waals surface area (Å²) in [5.74, 6) is 0. The molecule has 0 saturated carbocycles. The fourth-order valence-electron chi connectivity index (χ4n) is 4.40. The number of aliphatic hydroxyl groups is 2. The van der Waals surface area contributed by atoms with Crippen LogP contribution >= 0.6 is 0 Å². The number of ether oxygens (including phenoxy) is 2. The Morgan fingerprint density at radius 3 is 1.28 bits per heavy atom. The third-order valence-electron chi connectivity index (χ3n) is 6.77. The zero-order valence-electron chi connectivity index (χ0n) is 18.6. The van der Waals surface area contributed by atoms with Gasteiger partial charge in [-0.2, -0.15) is 10.0 Å². The van der Waals surface area contributed by atoms with Crippen LogP contribution in [0.1, 0.15) is 38.8 Å². The molecule has 2 heterocycles. The molecule has 0 aliphatic carbocycles. The van der Waals surface area contributed by atoms with Gasteiger partial charge in [-0.05, 0) is 38.8 Å². The molecule has 2 aliphatic heterocycles. The molecule has 2 aromatic rings. The number of hydrogen-bond acceptors (Lipinski definition) is 6. The Kier molecular flexibility index (Phi) is 4.98. The molecule has 2 aliphatic rings. The van der Waals surface area contributed by atoms with Gasteiger partial charge in [-0.3, -0.25) is 0 Å². The molecular formula is C24H28N2O6. The van der Waals surface area contributed by atoms with E-state index in [-0.39, 0.29) is 12.8 Å². The van der Waals surface area contributed by atoms with Crippen molar-refractivity contribution in [3.8, 4) is 0 Å². The average Bonchev–Trinajstić information content (AvgIpc) is 2.98. The lowest BCUT2D eigenvalue weighted by molar-refractivity contribution is -0.245. The third kappa shape index (κ3) is 3.22. The second-order valence-electron chi connectivity index (χ2n) is 9.19. The highest BCUT2D eigenvalue weighted by Gasteiger charge is 2.70. The van der Waals surface area contributed by atoms with Crippen molar-refractivity contribution in [3.63, 3.8) is 0 Å². The molecule has 4 rings (SSSR count). The summed E-state index contributed by atoms with van der Waals surface area (Å²) >= 11 is 0. The van der Waals surface area contributed by atoms with E-state index in [9.17, 15) is 19.8 Å². The number of cyclic esters (lactones) is 2. The molecule has 170 valence electrons. The Morgan fingerprint density at radius 1 is 0.656 bits per heavy atom. The minimum atomic E-state index is -1.96. The fraction of sp³-hybridized carbons (Fsp3) is 0.417. The largest absolute Gasteiger partial charge is 0.436 e. The van der Waals surface area contributed by atoms with E-state index in [1.54, 1.807) is 13.8 Å². The average molecular weight is 440 g/mol. The Morgan fingerprint density at radius 2 is 0.969 bits per heavy atom. The zero-order valence-corrected chi connectivity index (χ0v) is 18.6. The standard InChI is InChI=1S/C24H28N2O6/c1-21(15-17-11-7-5-8-12-17)23(3,29)25(19(27)31-21)26-20(28)32-22(2,24(26,4)30)16-18-13-9-6-10-14-18/h5-14,29-30H,15-16H2,1-4H3/t21-,22-,23-,24+/m1/s1. The van der Waals surface area contributed by atoms with Crippen LogP contribution in [0, 0.1) is 0 Å². The Balaban J connectivity index is 1.67. The molecule has 2 aromatic carbocycles. The maximum absolute atomic E-state index is 13.0. The van der Waals surface area contributed by atoms with Gasteiger partial charge in [0.1, 0.15) is 0 Å². The second-order valence-corrected chi connectivity index (χ2v) is 9.19. The SMILES string of the molecule is C[C@]1(Cc2ccccc2)OC(=O)N(N2C(=O)O[C@](C)(Cc3ccccc3)[C@]2(C)O)[C@]1(C)O. The predicted octanol–water partition coefficient (Wildman–Crippen LogP) is 3.23. The minimum absolute atomic E-state index is 0.204. The van der Waals surface area contributed by atoms with E-state index in [1.165, 1.54) is 13.8 Å². The maximum atomic E-state index is 13.0. The van der Waals surface area contributed by atoms with Crippen molar-refractivity contribution in [2.75, 3.05) is 0 Å². The number of amides is 2. The smallest absolute Gasteiger partial charge is 0.432 e. The summed E-state index contributed by atoms with van der Waals surface area (Å²) in [6, 6.07) is 18.5. The summed E-state index contributed by atoms with van der Waals surface area (Å²) in [5, 5.41) is 24.5. The molecule has 2 N–H and O–H groups in total. The van der Waals surface area contributed by atoms with E-state index >= 15 is 0 Å². The van der Waals surface area contributed by atoms with Crippen LogP contribution in [0.2, 0.25) is 0 Å². The summed E-state index contributed by atoms with van der Waals surface area (Å²) in [6.07, 6.45) is -1.49. The number of hydrazine groups is 1. The van der Waals surface area contributed by atoms with Crippen molar-refractivity contribution in [1.29, 1.82) is 0 Å². The number of benzene rings is 2. The Hall–Kier alpha value is -3.10. The van der Waals surface area contributed by atoms with Gasteiger partial charge in [0.2, 0.25) is 11.4 Å². The number of hydrogen-bond donors (Lipinski definition) is 2. The molecule has 8 nitrogen and oxygen atoms in total. The molecule has 2 fully saturated rings. The Bertz CT molecular complexity index is 942. The first-order chi connectivity index (χ1) is 14.9. The first-order valence-electron chi connectivity index (χ1n) is 10.5. The van der Waals surface area contributed by atoms with Crippen LogP contribution in [0.3, 0.4) is 0 Å². The molecule has 4 atom stereocenters. The highest BCUT2D eigenvalue weighted by Crippen LogP contribution is 2.47.